The zero-order chi connectivity index (χ0) is 13.6. The lowest BCUT2D eigenvalue weighted by atomic mass is 10.3. The summed E-state index contributed by atoms with van der Waals surface area (Å²) in [5.74, 6) is 5.51. The van der Waals surface area contributed by atoms with Crippen molar-refractivity contribution < 1.29 is 5.11 Å². The Bertz CT molecular complexity index is 473. The standard InChI is InChI=1S/C15H18OSSi/c1-5-15(14(16)11-12-18(2,3)4)17-13-9-7-6-8-10-13/h1,6-10,14-16H,2-4H3/t14-,15-/m1/s1. The number of rotatable bonds is 3. The molecule has 0 aromatic heterocycles. The molecule has 1 N–H and O–H groups in total. The predicted octanol–water partition coefficient (Wildman–Crippen LogP) is 3.02. The minimum atomic E-state index is -1.47. The molecule has 2 atom stereocenters. The van der Waals surface area contributed by atoms with Crippen molar-refractivity contribution in [1.29, 1.82) is 0 Å². The Hall–Kier alpha value is -1.13. The molecular formula is C15H18OSSi. The van der Waals surface area contributed by atoms with Crippen molar-refractivity contribution in [2.45, 2.75) is 35.9 Å². The highest BCUT2D eigenvalue weighted by Gasteiger charge is 2.17. The van der Waals surface area contributed by atoms with E-state index in [9.17, 15) is 5.11 Å². The van der Waals surface area contributed by atoms with E-state index in [-0.39, 0.29) is 5.25 Å². The van der Waals surface area contributed by atoms with Crippen LogP contribution in [0.5, 0.6) is 0 Å². The Labute approximate surface area is 115 Å². The summed E-state index contributed by atoms with van der Waals surface area (Å²) >= 11 is 1.47. The second kappa shape index (κ2) is 6.71. The van der Waals surface area contributed by atoms with Crippen LogP contribution in [0.15, 0.2) is 35.2 Å². The Kier molecular flexibility index (Phi) is 5.56. The summed E-state index contributed by atoms with van der Waals surface area (Å²) in [6, 6.07) is 9.82. The smallest absolute Gasteiger partial charge is 0.137 e. The third kappa shape index (κ3) is 5.47. The molecule has 3 heteroatoms. The largest absolute Gasteiger partial charge is 0.378 e. The van der Waals surface area contributed by atoms with Gasteiger partial charge in [-0.05, 0) is 12.1 Å². The molecule has 0 fully saturated rings. The second-order valence-electron chi connectivity index (χ2n) is 4.98. The molecule has 1 rings (SSSR count). The van der Waals surface area contributed by atoms with Crippen LogP contribution >= 0.6 is 11.8 Å². The van der Waals surface area contributed by atoms with Crippen LogP contribution in [0.3, 0.4) is 0 Å². The van der Waals surface area contributed by atoms with Crippen molar-refractivity contribution in [2.24, 2.45) is 0 Å². The number of hydrogen-bond donors (Lipinski definition) is 1. The van der Waals surface area contributed by atoms with Gasteiger partial charge in [-0.3, -0.25) is 0 Å². The maximum absolute atomic E-state index is 10.0. The highest BCUT2D eigenvalue weighted by molar-refractivity contribution is 8.00. The number of aliphatic hydroxyl groups excluding tert-OH is 1. The van der Waals surface area contributed by atoms with Gasteiger partial charge >= 0.3 is 0 Å². The molecule has 0 heterocycles. The zero-order valence-corrected chi connectivity index (χ0v) is 12.8. The van der Waals surface area contributed by atoms with Gasteiger partial charge in [0.1, 0.15) is 19.4 Å². The van der Waals surface area contributed by atoms with Crippen molar-refractivity contribution >= 4 is 19.8 Å². The monoisotopic (exact) mass is 274 g/mol. The number of terminal acetylenes is 1. The third-order valence-electron chi connectivity index (χ3n) is 2.05. The van der Waals surface area contributed by atoms with Crippen LogP contribution in [-0.4, -0.2) is 24.5 Å². The molecule has 1 aromatic rings. The summed E-state index contributed by atoms with van der Waals surface area (Å²) in [6.45, 7) is 6.42. The van der Waals surface area contributed by atoms with E-state index in [2.05, 4.69) is 37.0 Å². The summed E-state index contributed by atoms with van der Waals surface area (Å²) in [4.78, 5) is 1.05. The fourth-order valence-corrected chi connectivity index (χ4v) is 2.65. The van der Waals surface area contributed by atoms with Gasteiger partial charge in [-0.15, -0.1) is 23.7 Å². The average molecular weight is 274 g/mol. The van der Waals surface area contributed by atoms with Gasteiger partial charge < -0.3 is 5.11 Å². The van der Waals surface area contributed by atoms with Crippen LogP contribution in [0.4, 0.5) is 0 Å². The van der Waals surface area contributed by atoms with E-state index >= 15 is 0 Å². The fraction of sp³-hybridized carbons (Fsp3) is 0.333. The first-order valence-corrected chi connectivity index (χ1v) is 10.2. The van der Waals surface area contributed by atoms with Crippen LogP contribution in [0.2, 0.25) is 19.6 Å². The van der Waals surface area contributed by atoms with Crippen LogP contribution in [-0.2, 0) is 0 Å². The van der Waals surface area contributed by atoms with Crippen LogP contribution in [0.25, 0.3) is 0 Å². The first-order valence-electron chi connectivity index (χ1n) is 5.81. The van der Waals surface area contributed by atoms with Gasteiger partial charge in [-0.1, -0.05) is 49.7 Å². The van der Waals surface area contributed by atoms with E-state index in [4.69, 9.17) is 6.42 Å². The van der Waals surface area contributed by atoms with Crippen molar-refractivity contribution in [1.82, 2.24) is 0 Å². The van der Waals surface area contributed by atoms with Crippen LogP contribution in [0.1, 0.15) is 0 Å². The van der Waals surface area contributed by atoms with Gasteiger partial charge in [0.25, 0.3) is 0 Å². The fourth-order valence-electron chi connectivity index (χ4n) is 1.20. The second-order valence-corrected chi connectivity index (χ2v) is 10.9. The summed E-state index contributed by atoms with van der Waals surface area (Å²) in [7, 11) is -1.47. The SMILES string of the molecule is C#C[C@@H](Sc1ccccc1)[C@H](O)C#C[Si](C)(C)C. The van der Waals surface area contributed by atoms with Gasteiger partial charge in [-0.2, -0.15) is 0 Å². The molecule has 0 unspecified atom stereocenters. The molecule has 1 aromatic carbocycles. The number of benzene rings is 1. The Balaban J connectivity index is 2.73. The van der Waals surface area contributed by atoms with Gasteiger partial charge in [0.15, 0.2) is 0 Å². The van der Waals surface area contributed by atoms with E-state index in [1.54, 1.807) is 0 Å². The molecule has 0 saturated carbocycles. The molecule has 94 valence electrons. The molecule has 0 amide bonds. The topological polar surface area (TPSA) is 20.2 Å². The predicted molar refractivity (Wildman–Crippen MR) is 82.0 cm³/mol. The average Bonchev–Trinajstić information content (AvgIpc) is 2.33. The van der Waals surface area contributed by atoms with Crippen LogP contribution < -0.4 is 0 Å². The highest BCUT2D eigenvalue weighted by atomic mass is 32.2. The maximum Gasteiger partial charge on any atom is 0.137 e. The molecule has 0 aliphatic carbocycles. The summed E-state index contributed by atoms with van der Waals surface area (Å²) in [5, 5.41) is 9.70. The molecular weight excluding hydrogens is 256 g/mol. The van der Waals surface area contributed by atoms with Gasteiger partial charge in [0, 0.05) is 4.90 Å². The molecule has 1 nitrogen and oxygen atoms in total. The summed E-state index contributed by atoms with van der Waals surface area (Å²) < 4.78 is 0. The first-order chi connectivity index (χ1) is 8.42. The van der Waals surface area contributed by atoms with Crippen molar-refractivity contribution in [3.8, 4) is 23.8 Å². The lowest BCUT2D eigenvalue weighted by Crippen LogP contribution is -2.22. The number of hydrogen-bond acceptors (Lipinski definition) is 2. The minimum Gasteiger partial charge on any atom is -0.378 e. The quantitative estimate of drug-likeness (QED) is 0.519. The lowest BCUT2D eigenvalue weighted by Gasteiger charge is -2.13. The van der Waals surface area contributed by atoms with Crippen molar-refractivity contribution in [3.63, 3.8) is 0 Å². The Morgan fingerprint density at radius 1 is 1.22 bits per heavy atom. The molecule has 0 bridgehead atoms. The minimum absolute atomic E-state index is 0.323. The lowest BCUT2D eigenvalue weighted by molar-refractivity contribution is 0.243. The number of thioether (sulfide) groups is 1. The van der Waals surface area contributed by atoms with E-state index in [1.165, 1.54) is 11.8 Å². The van der Waals surface area contributed by atoms with Gasteiger partial charge in [0.05, 0.1) is 0 Å². The maximum atomic E-state index is 10.0. The van der Waals surface area contributed by atoms with Crippen molar-refractivity contribution in [2.75, 3.05) is 0 Å². The van der Waals surface area contributed by atoms with Crippen LogP contribution in [0, 0.1) is 23.8 Å². The zero-order valence-electron chi connectivity index (χ0n) is 11.0. The van der Waals surface area contributed by atoms with Gasteiger partial charge in [0.2, 0.25) is 0 Å². The van der Waals surface area contributed by atoms with E-state index in [1.807, 2.05) is 30.3 Å². The molecule has 0 radical (unpaired) electrons. The first kappa shape index (κ1) is 14.9. The molecule has 0 saturated heterocycles. The third-order valence-corrected chi connectivity index (χ3v) is 4.14. The molecule has 0 aliphatic rings. The normalized spacial score (nSPS) is 13.9. The van der Waals surface area contributed by atoms with Crippen molar-refractivity contribution in [3.05, 3.63) is 30.3 Å². The Morgan fingerprint density at radius 3 is 2.33 bits per heavy atom. The molecule has 18 heavy (non-hydrogen) atoms. The van der Waals surface area contributed by atoms with E-state index in [0.29, 0.717) is 0 Å². The Morgan fingerprint density at radius 2 is 1.83 bits per heavy atom. The highest BCUT2D eigenvalue weighted by Crippen LogP contribution is 2.24. The summed E-state index contributed by atoms with van der Waals surface area (Å²) in [6.07, 6.45) is 4.70. The van der Waals surface area contributed by atoms with Gasteiger partial charge in [-0.25, -0.2) is 0 Å². The number of aliphatic hydroxyl groups is 1. The molecule has 0 spiro atoms. The van der Waals surface area contributed by atoms with E-state index in [0.717, 1.165) is 4.90 Å². The summed E-state index contributed by atoms with van der Waals surface area (Å²) in [5.41, 5.74) is 3.15. The molecule has 0 aliphatic heterocycles. The van der Waals surface area contributed by atoms with E-state index < -0.39 is 14.2 Å².